The average molecular weight is 403 g/mol. The van der Waals surface area contributed by atoms with Crippen molar-refractivity contribution in [1.29, 1.82) is 0 Å². The average Bonchev–Trinajstić information content (AvgIpc) is 2.54. The summed E-state index contributed by atoms with van der Waals surface area (Å²) in [4.78, 5) is 12.6. The van der Waals surface area contributed by atoms with Crippen LogP contribution in [0.2, 0.25) is 0 Å². The predicted octanol–water partition coefficient (Wildman–Crippen LogP) is 5.08. The van der Waals surface area contributed by atoms with Gasteiger partial charge in [0.25, 0.3) is 0 Å². The summed E-state index contributed by atoms with van der Waals surface area (Å²) in [5, 5.41) is 20.4. The van der Waals surface area contributed by atoms with E-state index in [0.717, 1.165) is 15.6 Å². The molecular weight excluding hydrogens is 384 g/mol. The quantitative estimate of drug-likeness (QED) is 0.702. The number of halogens is 1. The number of hydrogen-bond donors (Lipinski definition) is 2. The molecule has 0 aromatic heterocycles. The van der Waals surface area contributed by atoms with Crippen LogP contribution in [0.4, 0.5) is 0 Å². The lowest BCUT2D eigenvalue weighted by Gasteiger charge is -2.28. The van der Waals surface area contributed by atoms with E-state index in [1.807, 2.05) is 44.2 Å². The van der Waals surface area contributed by atoms with Gasteiger partial charge in [-0.3, -0.25) is 4.79 Å². The number of hydrogen-bond acceptors (Lipinski definition) is 4. The Morgan fingerprint density at radius 2 is 1.92 bits per heavy atom. The van der Waals surface area contributed by atoms with Gasteiger partial charge in [0.05, 0.1) is 6.42 Å². The molecule has 0 saturated heterocycles. The van der Waals surface area contributed by atoms with Crippen molar-refractivity contribution in [3.05, 3.63) is 63.1 Å². The molecule has 130 valence electrons. The van der Waals surface area contributed by atoms with Gasteiger partial charge in [0, 0.05) is 16.1 Å². The van der Waals surface area contributed by atoms with Crippen LogP contribution in [0.25, 0.3) is 0 Å². The number of rotatable bonds is 3. The van der Waals surface area contributed by atoms with Gasteiger partial charge in [-0.25, -0.2) is 0 Å². The van der Waals surface area contributed by atoms with Gasteiger partial charge in [0.1, 0.15) is 28.9 Å². The Labute approximate surface area is 154 Å². The lowest BCUT2D eigenvalue weighted by molar-refractivity contribution is 0.0842. The van der Waals surface area contributed by atoms with E-state index in [2.05, 4.69) is 15.9 Å². The van der Waals surface area contributed by atoms with E-state index in [0.29, 0.717) is 12.0 Å². The number of aromatic hydroxyl groups is 2. The SMILES string of the molecule is CC(C)=CCc1c(O)cc(O)c2c1OC(c1ccc(Br)cc1)CC2=O. The second kappa shape index (κ2) is 6.92. The Morgan fingerprint density at radius 1 is 1.24 bits per heavy atom. The van der Waals surface area contributed by atoms with Crippen LogP contribution in [0.1, 0.15) is 47.9 Å². The second-order valence-corrected chi connectivity index (χ2v) is 7.28. The van der Waals surface area contributed by atoms with Gasteiger partial charge in [-0.15, -0.1) is 0 Å². The molecule has 1 atom stereocenters. The summed E-state index contributed by atoms with van der Waals surface area (Å²) in [5.74, 6) is -0.227. The Hall–Kier alpha value is -2.27. The van der Waals surface area contributed by atoms with Crippen molar-refractivity contribution in [3.8, 4) is 17.2 Å². The molecule has 0 aliphatic carbocycles. The highest BCUT2D eigenvalue weighted by Gasteiger charge is 2.33. The molecule has 3 rings (SSSR count). The number of carbonyl (C=O) groups excluding carboxylic acids is 1. The van der Waals surface area contributed by atoms with Crippen molar-refractivity contribution < 1.29 is 19.7 Å². The summed E-state index contributed by atoms with van der Waals surface area (Å²) >= 11 is 3.39. The molecule has 4 nitrogen and oxygen atoms in total. The maximum absolute atomic E-state index is 12.6. The van der Waals surface area contributed by atoms with Gasteiger partial charge < -0.3 is 14.9 Å². The fraction of sp³-hybridized carbons (Fsp3) is 0.250. The third kappa shape index (κ3) is 3.56. The van der Waals surface area contributed by atoms with Crippen LogP contribution < -0.4 is 4.74 Å². The molecule has 0 saturated carbocycles. The number of Topliss-reactive ketones (excluding diaryl/α,β-unsaturated/α-hetero) is 1. The van der Waals surface area contributed by atoms with Crippen LogP contribution in [0.5, 0.6) is 17.2 Å². The summed E-state index contributed by atoms with van der Waals surface area (Å²) in [7, 11) is 0. The van der Waals surface area contributed by atoms with Gasteiger partial charge >= 0.3 is 0 Å². The van der Waals surface area contributed by atoms with Crippen LogP contribution in [-0.4, -0.2) is 16.0 Å². The van der Waals surface area contributed by atoms with Crippen molar-refractivity contribution >= 4 is 21.7 Å². The number of fused-ring (bicyclic) bond motifs is 1. The fourth-order valence-electron chi connectivity index (χ4n) is 2.89. The molecule has 1 aliphatic heterocycles. The molecule has 2 N–H and O–H groups in total. The molecule has 2 aromatic rings. The maximum atomic E-state index is 12.6. The number of phenolic OH excluding ortho intramolecular Hbond substituents is 2. The topological polar surface area (TPSA) is 66.8 Å². The minimum atomic E-state index is -0.445. The van der Waals surface area contributed by atoms with E-state index in [-0.39, 0.29) is 35.0 Å². The molecule has 2 aromatic carbocycles. The summed E-state index contributed by atoms with van der Waals surface area (Å²) in [6.07, 6.45) is 2.08. The first-order valence-electron chi connectivity index (χ1n) is 8.03. The highest BCUT2D eigenvalue weighted by atomic mass is 79.9. The lowest BCUT2D eigenvalue weighted by atomic mass is 9.92. The van der Waals surface area contributed by atoms with Crippen molar-refractivity contribution in [2.75, 3.05) is 0 Å². The highest BCUT2D eigenvalue weighted by molar-refractivity contribution is 9.10. The normalized spacial score (nSPS) is 16.1. The minimum absolute atomic E-state index is 0.0713. The highest BCUT2D eigenvalue weighted by Crippen LogP contribution is 2.45. The van der Waals surface area contributed by atoms with Crippen LogP contribution >= 0.6 is 15.9 Å². The van der Waals surface area contributed by atoms with Crippen LogP contribution in [-0.2, 0) is 6.42 Å². The molecule has 0 spiro atoms. The zero-order valence-electron chi connectivity index (χ0n) is 14.0. The third-order valence-corrected chi connectivity index (χ3v) is 4.73. The van der Waals surface area contributed by atoms with Gasteiger partial charge in [-0.2, -0.15) is 0 Å². The van der Waals surface area contributed by atoms with Gasteiger partial charge in [0.2, 0.25) is 0 Å². The number of carbonyl (C=O) groups is 1. The molecular formula is C20H19BrO4. The fourth-order valence-corrected chi connectivity index (χ4v) is 3.16. The molecule has 0 radical (unpaired) electrons. The Bertz CT molecular complexity index is 849. The molecule has 25 heavy (non-hydrogen) atoms. The Morgan fingerprint density at radius 3 is 2.56 bits per heavy atom. The van der Waals surface area contributed by atoms with E-state index in [1.54, 1.807) is 0 Å². The molecule has 0 fully saturated rings. The summed E-state index contributed by atoms with van der Waals surface area (Å²) in [6.45, 7) is 3.92. The second-order valence-electron chi connectivity index (χ2n) is 6.37. The van der Waals surface area contributed by atoms with Gasteiger partial charge in [-0.1, -0.05) is 39.7 Å². The van der Waals surface area contributed by atoms with E-state index >= 15 is 0 Å². The number of benzene rings is 2. The number of ketones is 1. The molecule has 1 unspecified atom stereocenters. The molecule has 1 aliphatic rings. The monoisotopic (exact) mass is 402 g/mol. The molecule has 0 bridgehead atoms. The Balaban J connectivity index is 2.07. The third-order valence-electron chi connectivity index (χ3n) is 4.21. The summed E-state index contributed by atoms with van der Waals surface area (Å²) < 4.78 is 7.01. The van der Waals surface area contributed by atoms with Crippen LogP contribution in [0.3, 0.4) is 0 Å². The zero-order chi connectivity index (χ0) is 18.1. The van der Waals surface area contributed by atoms with Crippen LogP contribution in [0, 0.1) is 0 Å². The summed E-state index contributed by atoms with van der Waals surface area (Å²) in [6, 6.07) is 8.79. The number of ether oxygens (including phenoxy) is 1. The first-order valence-corrected chi connectivity index (χ1v) is 8.82. The van der Waals surface area contributed by atoms with Crippen molar-refractivity contribution in [3.63, 3.8) is 0 Å². The smallest absolute Gasteiger partial charge is 0.174 e. The maximum Gasteiger partial charge on any atom is 0.174 e. The first-order chi connectivity index (χ1) is 11.9. The lowest BCUT2D eigenvalue weighted by Crippen LogP contribution is -2.21. The molecule has 5 heteroatoms. The van der Waals surface area contributed by atoms with Crippen LogP contribution in [0.15, 0.2) is 46.5 Å². The van der Waals surface area contributed by atoms with Crippen molar-refractivity contribution in [2.45, 2.75) is 32.8 Å². The van der Waals surface area contributed by atoms with Gasteiger partial charge in [0.15, 0.2) is 5.78 Å². The number of phenols is 2. The zero-order valence-corrected chi connectivity index (χ0v) is 15.6. The van der Waals surface area contributed by atoms with E-state index in [4.69, 9.17) is 4.74 Å². The predicted molar refractivity (Wildman–Crippen MR) is 99.4 cm³/mol. The van der Waals surface area contributed by atoms with E-state index in [1.165, 1.54) is 6.07 Å². The Kier molecular flexibility index (Phi) is 4.86. The first kappa shape index (κ1) is 17.5. The van der Waals surface area contributed by atoms with Gasteiger partial charge in [-0.05, 0) is 38.0 Å². The largest absolute Gasteiger partial charge is 0.507 e. The summed E-state index contributed by atoms with van der Waals surface area (Å²) in [5.41, 5.74) is 2.64. The van der Waals surface area contributed by atoms with E-state index in [9.17, 15) is 15.0 Å². The minimum Gasteiger partial charge on any atom is -0.507 e. The standard InChI is InChI=1S/C20H19BrO4/c1-11(2)3-8-14-15(22)9-16(23)19-17(24)10-18(25-20(14)19)12-4-6-13(21)7-5-12/h3-7,9,18,22-23H,8,10H2,1-2H3. The molecule has 1 heterocycles. The van der Waals surface area contributed by atoms with Crippen molar-refractivity contribution in [1.82, 2.24) is 0 Å². The molecule has 0 amide bonds. The van der Waals surface area contributed by atoms with Crippen molar-refractivity contribution in [2.24, 2.45) is 0 Å². The van der Waals surface area contributed by atoms with E-state index < -0.39 is 6.10 Å². The number of allylic oxidation sites excluding steroid dienone is 2.